The Labute approximate surface area is 238 Å². The Kier molecular flexibility index (Phi) is 6.45. The number of nitrogens with zero attached hydrogens (tertiary/aromatic N) is 2. The molecule has 40 heavy (non-hydrogen) atoms. The van der Waals surface area contributed by atoms with Crippen LogP contribution in [0.5, 0.6) is 0 Å². The molecule has 2 aliphatic rings. The molecule has 0 saturated heterocycles. The van der Waals surface area contributed by atoms with Crippen molar-refractivity contribution in [2.75, 3.05) is 0 Å². The summed E-state index contributed by atoms with van der Waals surface area (Å²) in [6.07, 6.45) is 5.11. The van der Waals surface area contributed by atoms with E-state index >= 15 is 0 Å². The van der Waals surface area contributed by atoms with Crippen molar-refractivity contribution in [3.8, 4) is 22.3 Å². The van der Waals surface area contributed by atoms with Gasteiger partial charge in [0.15, 0.2) is 0 Å². The van der Waals surface area contributed by atoms with E-state index in [9.17, 15) is 0 Å². The lowest BCUT2D eigenvalue weighted by Crippen LogP contribution is -2.12. The first kappa shape index (κ1) is 25.4. The van der Waals surface area contributed by atoms with Gasteiger partial charge in [-0.15, -0.1) is 0 Å². The molecular weight excluding hydrogens is 484 g/mol. The van der Waals surface area contributed by atoms with Crippen LogP contribution in [-0.4, -0.2) is 9.97 Å². The molecule has 2 heterocycles. The Morgan fingerprint density at radius 1 is 0.475 bits per heavy atom. The molecule has 2 aromatic heterocycles. The molecule has 0 radical (unpaired) electrons. The van der Waals surface area contributed by atoms with Gasteiger partial charge in [-0.05, 0) is 83.7 Å². The van der Waals surface area contributed by atoms with Crippen molar-refractivity contribution in [1.29, 1.82) is 0 Å². The monoisotopic (exact) mass is 524 g/mol. The van der Waals surface area contributed by atoms with Gasteiger partial charge in [0.05, 0.1) is 11.0 Å². The van der Waals surface area contributed by atoms with Crippen molar-refractivity contribution < 1.29 is 0 Å². The minimum absolute atomic E-state index is 0.480. The van der Waals surface area contributed by atoms with E-state index in [1.165, 1.54) is 70.1 Å². The molecular formula is C38H40N2. The third kappa shape index (κ3) is 4.24. The first-order valence-electron chi connectivity index (χ1n) is 15.4. The normalized spacial score (nSPS) is 26.6. The van der Waals surface area contributed by atoms with Crippen LogP contribution in [0, 0.1) is 23.7 Å². The topological polar surface area (TPSA) is 25.8 Å². The Hall–Kier alpha value is -3.52. The van der Waals surface area contributed by atoms with Gasteiger partial charge < -0.3 is 0 Å². The van der Waals surface area contributed by atoms with Crippen LogP contribution >= 0.6 is 0 Å². The second kappa shape index (κ2) is 10.1. The Bertz CT molecular complexity index is 1530. The standard InChI is InChI=1S/C38H40N2/c1-23-15-16-24(2)35(23)33-21-31(27-11-7-5-8-12-27)29-19-20-30-32(28-13-9-6-10-14-28)22-34(40-38(30)37(29)39-33)36-25(3)17-18-26(36)4/h5-14,19-26,35-36H,15-18H2,1-4H3. The minimum Gasteiger partial charge on any atom is -0.250 e. The summed E-state index contributed by atoms with van der Waals surface area (Å²) in [5, 5.41) is 2.41. The molecule has 0 spiro atoms. The third-order valence-electron chi connectivity index (χ3n) is 10.3. The molecule has 4 atom stereocenters. The van der Waals surface area contributed by atoms with Crippen molar-refractivity contribution in [2.45, 2.75) is 65.2 Å². The second-order valence-corrected chi connectivity index (χ2v) is 12.9. The molecule has 0 N–H and O–H groups in total. The van der Waals surface area contributed by atoms with Gasteiger partial charge in [-0.3, -0.25) is 9.97 Å². The number of aromatic nitrogens is 2. The maximum absolute atomic E-state index is 5.55. The fourth-order valence-electron chi connectivity index (χ4n) is 8.13. The van der Waals surface area contributed by atoms with E-state index in [0.717, 1.165) is 11.0 Å². The van der Waals surface area contributed by atoms with Crippen molar-refractivity contribution in [1.82, 2.24) is 9.97 Å². The fraction of sp³-hybridized carbons (Fsp3) is 0.368. The lowest BCUT2D eigenvalue weighted by molar-refractivity contribution is 0.450. The van der Waals surface area contributed by atoms with Crippen molar-refractivity contribution in [2.24, 2.45) is 23.7 Å². The van der Waals surface area contributed by atoms with Crippen LogP contribution in [0.15, 0.2) is 84.9 Å². The molecule has 5 aromatic rings. The molecule has 2 nitrogen and oxygen atoms in total. The number of benzene rings is 3. The zero-order chi connectivity index (χ0) is 27.4. The van der Waals surface area contributed by atoms with Crippen molar-refractivity contribution in [3.05, 3.63) is 96.3 Å². The van der Waals surface area contributed by atoms with Gasteiger partial charge in [0.1, 0.15) is 0 Å². The highest BCUT2D eigenvalue weighted by atomic mass is 14.8. The van der Waals surface area contributed by atoms with E-state index in [0.29, 0.717) is 35.5 Å². The number of hydrogen-bond donors (Lipinski definition) is 0. The zero-order valence-corrected chi connectivity index (χ0v) is 24.3. The molecule has 3 aromatic carbocycles. The molecule has 2 fully saturated rings. The second-order valence-electron chi connectivity index (χ2n) is 12.9. The number of pyridine rings is 2. The highest BCUT2D eigenvalue weighted by Gasteiger charge is 2.35. The van der Waals surface area contributed by atoms with Crippen LogP contribution in [-0.2, 0) is 0 Å². The quantitative estimate of drug-likeness (QED) is 0.219. The van der Waals surface area contributed by atoms with Crippen LogP contribution < -0.4 is 0 Å². The summed E-state index contributed by atoms with van der Waals surface area (Å²) < 4.78 is 0. The van der Waals surface area contributed by atoms with Gasteiger partial charge in [0.25, 0.3) is 0 Å². The Morgan fingerprint density at radius 2 is 0.825 bits per heavy atom. The highest BCUT2D eigenvalue weighted by Crippen LogP contribution is 2.47. The van der Waals surface area contributed by atoms with E-state index < -0.39 is 0 Å². The van der Waals surface area contributed by atoms with Crippen molar-refractivity contribution >= 4 is 21.8 Å². The molecule has 0 amide bonds. The Morgan fingerprint density at radius 3 is 1.18 bits per heavy atom. The van der Waals surface area contributed by atoms with Gasteiger partial charge in [0, 0.05) is 34.0 Å². The molecule has 4 unspecified atom stereocenters. The largest absolute Gasteiger partial charge is 0.250 e. The summed E-state index contributed by atoms with van der Waals surface area (Å²) in [6.45, 7) is 9.66. The predicted octanol–water partition coefficient (Wildman–Crippen LogP) is 10.4. The number of hydrogen-bond acceptors (Lipinski definition) is 2. The highest BCUT2D eigenvalue weighted by molar-refractivity contribution is 6.12. The van der Waals surface area contributed by atoms with Gasteiger partial charge in [-0.1, -0.05) is 100 Å². The molecule has 2 heteroatoms. The van der Waals surface area contributed by atoms with Crippen LogP contribution in [0.2, 0.25) is 0 Å². The van der Waals surface area contributed by atoms with Crippen LogP contribution in [0.25, 0.3) is 44.1 Å². The van der Waals surface area contributed by atoms with Crippen LogP contribution in [0.1, 0.15) is 76.6 Å². The van der Waals surface area contributed by atoms with Crippen molar-refractivity contribution in [3.63, 3.8) is 0 Å². The third-order valence-corrected chi connectivity index (χ3v) is 10.3. The van der Waals surface area contributed by atoms with Gasteiger partial charge >= 0.3 is 0 Å². The van der Waals surface area contributed by atoms with E-state index in [-0.39, 0.29) is 0 Å². The molecule has 0 aliphatic heterocycles. The first-order valence-corrected chi connectivity index (χ1v) is 15.4. The SMILES string of the molecule is CC1CCC(C)C1c1cc(-c2ccccc2)c2ccc3c(-c4ccccc4)cc(C4C(C)CCC4C)nc3c2n1. The summed E-state index contributed by atoms with van der Waals surface area (Å²) in [4.78, 5) is 11.1. The lowest BCUT2D eigenvalue weighted by Gasteiger charge is -2.23. The average Bonchev–Trinajstić information content (AvgIpc) is 3.51. The average molecular weight is 525 g/mol. The lowest BCUT2D eigenvalue weighted by atomic mass is 9.85. The maximum atomic E-state index is 5.55. The maximum Gasteiger partial charge on any atom is 0.0974 e. The summed E-state index contributed by atoms with van der Waals surface area (Å²) in [5.41, 5.74) is 9.70. The molecule has 2 aliphatic carbocycles. The molecule has 202 valence electrons. The van der Waals surface area contributed by atoms with E-state index in [1.807, 2.05) is 0 Å². The van der Waals surface area contributed by atoms with Gasteiger partial charge in [-0.25, -0.2) is 0 Å². The van der Waals surface area contributed by atoms with E-state index in [2.05, 4.69) is 113 Å². The predicted molar refractivity (Wildman–Crippen MR) is 169 cm³/mol. The number of fused-ring (bicyclic) bond motifs is 3. The summed E-state index contributed by atoms with van der Waals surface area (Å²) in [7, 11) is 0. The van der Waals surface area contributed by atoms with Crippen LogP contribution in [0.3, 0.4) is 0 Å². The summed E-state index contributed by atoms with van der Waals surface area (Å²) in [5.74, 6) is 3.52. The molecule has 7 rings (SSSR count). The summed E-state index contributed by atoms with van der Waals surface area (Å²) >= 11 is 0. The minimum atomic E-state index is 0.480. The first-order chi connectivity index (χ1) is 19.5. The van der Waals surface area contributed by atoms with E-state index in [1.54, 1.807) is 0 Å². The molecule has 2 saturated carbocycles. The number of rotatable bonds is 4. The summed E-state index contributed by atoms with van der Waals surface area (Å²) in [6, 6.07) is 31.2. The Balaban J connectivity index is 1.57. The smallest absolute Gasteiger partial charge is 0.0974 e. The molecule has 0 bridgehead atoms. The fourth-order valence-corrected chi connectivity index (χ4v) is 8.13. The van der Waals surface area contributed by atoms with E-state index in [4.69, 9.17) is 9.97 Å². The van der Waals surface area contributed by atoms with Gasteiger partial charge in [-0.2, -0.15) is 0 Å². The van der Waals surface area contributed by atoms with Gasteiger partial charge in [0.2, 0.25) is 0 Å². The van der Waals surface area contributed by atoms with Crippen LogP contribution in [0.4, 0.5) is 0 Å². The zero-order valence-electron chi connectivity index (χ0n) is 24.3.